The maximum absolute atomic E-state index is 14.1. The number of halogens is 3. The molecular formula is C17H13ClF2N2O3. The van der Waals surface area contributed by atoms with Crippen LogP contribution >= 0.6 is 11.6 Å². The molecule has 0 bridgehead atoms. The SMILES string of the molecule is CO[C@]1(c2ccc(F)cc2)C(=O)N(CC(N)=O)c2ccc(F)c(Cl)c21. The monoisotopic (exact) mass is 366 g/mol. The first-order valence-corrected chi connectivity index (χ1v) is 7.60. The van der Waals surface area contributed by atoms with Gasteiger partial charge in [0.25, 0.3) is 5.91 Å². The predicted molar refractivity (Wildman–Crippen MR) is 87.1 cm³/mol. The molecule has 0 saturated heterocycles. The molecule has 2 amide bonds. The van der Waals surface area contributed by atoms with Crippen LogP contribution in [0.3, 0.4) is 0 Å². The lowest BCUT2D eigenvalue weighted by Gasteiger charge is -2.28. The van der Waals surface area contributed by atoms with E-state index >= 15 is 0 Å². The third kappa shape index (κ3) is 2.47. The van der Waals surface area contributed by atoms with Gasteiger partial charge in [-0.05, 0) is 29.8 Å². The summed E-state index contributed by atoms with van der Waals surface area (Å²) in [5, 5.41) is -0.316. The molecule has 25 heavy (non-hydrogen) atoms. The Bertz CT molecular complexity index is 873. The highest BCUT2D eigenvalue weighted by atomic mass is 35.5. The zero-order valence-corrected chi connectivity index (χ0v) is 13.8. The minimum Gasteiger partial charge on any atom is -0.368 e. The van der Waals surface area contributed by atoms with Crippen molar-refractivity contribution in [3.8, 4) is 0 Å². The van der Waals surface area contributed by atoms with Crippen molar-refractivity contribution in [3.05, 3.63) is 64.2 Å². The van der Waals surface area contributed by atoms with Gasteiger partial charge in [-0.1, -0.05) is 23.7 Å². The Morgan fingerprint density at radius 1 is 1.24 bits per heavy atom. The summed E-state index contributed by atoms with van der Waals surface area (Å²) in [7, 11) is 1.25. The van der Waals surface area contributed by atoms with Crippen molar-refractivity contribution in [3.63, 3.8) is 0 Å². The topological polar surface area (TPSA) is 72.6 Å². The molecule has 0 aromatic heterocycles. The summed E-state index contributed by atoms with van der Waals surface area (Å²) in [6.07, 6.45) is 0. The van der Waals surface area contributed by atoms with E-state index in [1.54, 1.807) is 0 Å². The lowest BCUT2D eigenvalue weighted by Crippen LogP contribution is -2.45. The molecule has 0 radical (unpaired) electrons. The van der Waals surface area contributed by atoms with Crippen LogP contribution in [-0.2, 0) is 19.9 Å². The number of hydrogen-bond donors (Lipinski definition) is 1. The zero-order valence-electron chi connectivity index (χ0n) is 13.1. The van der Waals surface area contributed by atoms with Crippen LogP contribution in [0.2, 0.25) is 5.02 Å². The number of carbonyl (C=O) groups is 2. The Balaban J connectivity index is 2.33. The second kappa shape index (κ2) is 6.09. The van der Waals surface area contributed by atoms with E-state index in [1.807, 2.05) is 0 Å². The number of carbonyl (C=O) groups excluding carboxylic acids is 2. The quantitative estimate of drug-likeness (QED) is 0.902. The molecule has 0 aliphatic carbocycles. The number of ether oxygens (including phenoxy) is 1. The summed E-state index contributed by atoms with van der Waals surface area (Å²) in [5.41, 5.74) is 3.92. The van der Waals surface area contributed by atoms with Crippen LogP contribution in [0.15, 0.2) is 36.4 Å². The number of fused-ring (bicyclic) bond motifs is 1. The number of primary amides is 1. The van der Waals surface area contributed by atoms with Gasteiger partial charge < -0.3 is 10.5 Å². The third-order valence-corrected chi connectivity index (χ3v) is 4.50. The van der Waals surface area contributed by atoms with E-state index in [4.69, 9.17) is 22.1 Å². The van der Waals surface area contributed by atoms with Crippen LogP contribution in [0.5, 0.6) is 0 Å². The van der Waals surface area contributed by atoms with Crippen LogP contribution in [0.25, 0.3) is 0 Å². The van der Waals surface area contributed by atoms with E-state index in [9.17, 15) is 18.4 Å². The number of anilines is 1. The maximum atomic E-state index is 14.1. The van der Waals surface area contributed by atoms with Crippen LogP contribution in [0.1, 0.15) is 11.1 Å². The number of methoxy groups -OCH3 is 1. The predicted octanol–water partition coefficient (Wildman–Crippen LogP) is 2.34. The van der Waals surface area contributed by atoms with Gasteiger partial charge in [-0.25, -0.2) is 8.78 Å². The lowest BCUT2D eigenvalue weighted by molar-refractivity contribution is -0.136. The van der Waals surface area contributed by atoms with E-state index in [-0.39, 0.29) is 21.8 Å². The van der Waals surface area contributed by atoms with Gasteiger partial charge in [0.05, 0.1) is 10.7 Å². The van der Waals surface area contributed by atoms with Gasteiger partial charge in [0.2, 0.25) is 11.5 Å². The highest BCUT2D eigenvalue weighted by Gasteiger charge is 2.55. The standard InChI is InChI=1S/C17H13ClF2N2O3/c1-25-17(9-2-4-10(19)5-3-9)14-12(7-6-11(20)15(14)18)22(16(17)24)8-13(21)23/h2-7H,8H2,1H3,(H2,21,23)/t17-/m0/s1. The van der Waals surface area contributed by atoms with Crippen molar-refractivity contribution in [1.29, 1.82) is 0 Å². The van der Waals surface area contributed by atoms with E-state index in [0.717, 1.165) is 23.1 Å². The van der Waals surface area contributed by atoms with Gasteiger partial charge in [-0.3, -0.25) is 14.5 Å². The number of benzene rings is 2. The highest BCUT2D eigenvalue weighted by Crippen LogP contribution is 2.50. The largest absolute Gasteiger partial charge is 0.368 e. The number of nitrogens with two attached hydrogens (primary N) is 1. The average Bonchev–Trinajstić information content (AvgIpc) is 2.81. The van der Waals surface area contributed by atoms with E-state index < -0.39 is 35.6 Å². The van der Waals surface area contributed by atoms with E-state index in [2.05, 4.69) is 0 Å². The average molecular weight is 367 g/mol. The number of amides is 2. The third-order valence-electron chi connectivity index (χ3n) is 4.13. The van der Waals surface area contributed by atoms with Gasteiger partial charge in [0, 0.05) is 12.7 Å². The van der Waals surface area contributed by atoms with E-state index in [1.165, 1.54) is 25.3 Å². The van der Waals surface area contributed by atoms with Gasteiger partial charge in [0.15, 0.2) is 0 Å². The highest BCUT2D eigenvalue weighted by molar-refractivity contribution is 6.33. The molecule has 0 saturated carbocycles. The Hall–Kier alpha value is -2.51. The minimum absolute atomic E-state index is 0.0505. The molecule has 1 aliphatic heterocycles. The van der Waals surface area contributed by atoms with Gasteiger partial charge >= 0.3 is 0 Å². The summed E-state index contributed by atoms with van der Waals surface area (Å²) in [6, 6.07) is 7.38. The molecule has 1 atom stereocenters. The summed E-state index contributed by atoms with van der Waals surface area (Å²) in [5.74, 6) is -2.69. The van der Waals surface area contributed by atoms with Crippen LogP contribution in [0.4, 0.5) is 14.5 Å². The molecule has 2 aromatic carbocycles. The molecule has 1 heterocycles. The first-order valence-electron chi connectivity index (χ1n) is 7.23. The Kier molecular flexibility index (Phi) is 4.22. The Labute approximate surface area is 146 Å². The molecule has 3 rings (SSSR count). The molecule has 0 unspecified atom stereocenters. The molecule has 0 spiro atoms. The smallest absolute Gasteiger partial charge is 0.269 e. The summed E-state index contributed by atoms with van der Waals surface area (Å²) < 4.78 is 32.9. The van der Waals surface area contributed by atoms with Crippen LogP contribution in [0, 0.1) is 11.6 Å². The molecule has 1 aliphatic rings. The molecular weight excluding hydrogens is 354 g/mol. The van der Waals surface area contributed by atoms with Gasteiger partial charge in [-0.2, -0.15) is 0 Å². The van der Waals surface area contributed by atoms with Crippen molar-refractivity contribution >= 4 is 29.1 Å². The molecule has 5 nitrogen and oxygen atoms in total. The van der Waals surface area contributed by atoms with Gasteiger partial charge in [0.1, 0.15) is 18.2 Å². The summed E-state index contributed by atoms with van der Waals surface area (Å²) in [6.45, 7) is -0.430. The molecule has 130 valence electrons. The normalized spacial score (nSPS) is 19.2. The van der Waals surface area contributed by atoms with Crippen molar-refractivity contribution in [2.75, 3.05) is 18.6 Å². The molecule has 0 fully saturated rings. The fraction of sp³-hybridized carbons (Fsp3) is 0.176. The summed E-state index contributed by atoms with van der Waals surface area (Å²) in [4.78, 5) is 25.6. The fourth-order valence-electron chi connectivity index (χ4n) is 3.08. The van der Waals surface area contributed by atoms with Crippen LogP contribution in [-0.4, -0.2) is 25.5 Å². The van der Waals surface area contributed by atoms with E-state index in [0.29, 0.717) is 0 Å². The first kappa shape index (κ1) is 17.3. The first-order chi connectivity index (χ1) is 11.8. The minimum atomic E-state index is -1.81. The summed E-state index contributed by atoms with van der Waals surface area (Å²) >= 11 is 6.13. The molecule has 8 heteroatoms. The van der Waals surface area contributed by atoms with Crippen LogP contribution < -0.4 is 10.6 Å². The van der Waals surface area contributed by atoms with Crippen molar-refractivity contribution < 1.29 is 23.1 Å². The number of rotatable bonds is 4. The van der Waals surface area contributed by atoms with Crippen molar-refractivity contribution in [2.24, 2.45) is 5.73 Å². The second-order valence-electron chi connectivity index (χ2n) is 5.51. The fourth-order valence-corrected chi connectivity index (χ4v) is 3.37. The Morgan fingerprint density at radius 2 is 1.88 bits per heavy atom. The Morgan fingerprint density at radius 3 is 2.44 bits per heavy atom. The number of hydrogen-bond acceptors (Lipinski definition) is 3. The zero-order chi connectivity index (χ0) is 18.4. The lowest BCUT2D eigenvalue weighted by atomic mass is 9.87. The number of nitrogens with zero attached hydrogens (tertiary/aromatic N) is 1. The van der Waals surface area contributed by atoms with Crippen molar-refractivity contribution in [1.82, 2.24) is 0 Å². The maximum Gasteiger partial charge on any atom is 0.269 e. The van der Waals surface area contributed by atoms with Gasteiger partial charge in [-0.15, -0.1) is 0 Å². The molecule has 2 aromatic rings. The molecule has 2 N–H and O–H groups in total. The second-order valence-corrected chi connectivity index (χ2v) is 5.88. The van der Waals surface area contributed by atoms with Crippen molar-refractivity contribution in [2.45, 2.75) is 5.60 Å².